The number of nitrogens with zero attached hydrogens (tertiary/aromatic N) is 2. The molecule has 11 aromatic rings. The third-order valence-corrected chi connectivity index (χ3v) is 18.0. The Morgan fingerprint density at radius 1 is 0.389 bits per heavy atom. The molecule has 10 aromatic carbocycles. The Bertz CT molecular complexity index is 3810. The molecule has 1 aromatic heterocycles. The predicted molar refractivity (Wildman–Crippen MR) is 300 cm³/mol. The first-order valence-corrected chi connectivity index (χ1v) is 26.4. The molecule has 0 amide bonds. The topological polar surface area (TPSA) is 8.17 Å². The molecule has 0 unspecified atom stereocenters. The Kier molecular flexibility index (Phi) is 9.16. The predicted octanol–water partition coefficient (Wildman–Crippen LogP) is 18.1. The molecule has 72 heavy (non-hydrogen) atoms. The first kappa shape index (κ1) is 41.8. The standard InChI is InChI=1S/C70H56N2/c1-45-40-50-42-46(2)43-51(41-45)69(50)62-25-11-12-26-63(62)70(60-23-9-5-19-56(60)57-20-6-10-24-61(57)70)65-44-54(38-39-64(65)69)71(66-29-15-17-49-16-3-4-18-55(49)66)52-34-30-47(31-35-52)48-32-36-53(37-33-48)72-67-27-13-7-21-58(67)59-22-8-14-28-68(59)72/h3-39,44-46,50-51H,40-43H2,1-2H3. The number of para-hydroxylation sites is 2. The summed E-state index contributed by atoms with van der Waals surface area (Å²) in [5, 5.41) is 5.03. The summed E-state index contributed by atoms with van der Waals surface area (Å²) >= 11 is 0. The van der Waals surface area contributed by atoms with Crippen LogP contribution in [0, 0.1) is 23.7 Å². The number of anilines is 3. The molecule has 2 bridgehead atoms. The van der Waals surface area contributed by atoms with Crippen molar-refractivity contribution in [3.63, 3.8) is 0 Å². The molecular formula is C70H56N2. The van der Waals surface area contributed by atoms with E-state index in [1.54, 1.807) is 11.1 Å². The molecule has 2 saturated carbocycles. The maximum atomic E-state index is 2.66. The summed E-state index contributed by atoms with van der Waals surface area (Å²) in [6, 6.07) is 87.9. The van der Waals surface area contributed by atoms with Gasteiger partial charge in [0.15, 0.2) is 0 Å². The van der Waals surface area contributed by atoms with Crippen molar-refractivity contribution in [2.24, 2.45) is 23.7 Å². The molecule has 2 fully saturated rings. The number of hydrogen-bond acceptors (Lipinski definition) is 1. The molecule has 4 aliphatic rings. The van der Waals surface area contributed by atoms with Crippen molar-refractivity contribution in [3.8, 4) is 27.9 Å². The number of hydrogen-bond donors (Lipinski definition) is 0. The minimum Gasteiger partial charge on any atom is -0.310 e. The Balaban J connectivity index is 0.933. The van der Waals surface area contributed by atoms with Crippen molar-refractivity contribution in [2.45, 2.75) is 50.4 Å². The lowest BCUT2D eigenvalue weighted by atomic mass is 9.41. The SMILES string of the molecule is CC1CC2CC(C)CC(C1)C21c2ccccc2C2(c3ccccc3-c3ccccc32)c2cc(N(c3ccc(-c4ccc(-n5c6ccccc6c6ccccc65)cc4)cc3)c3cccc4ccccc34)ccc21. The number of benzene rings is 10. The van der Waals surface area contributed by atoms with Crippen molar-refractivity contribution < 1.29 is 0 Å². The van der Waals surface area contributed by atoms with Gasteiger partial charge in [0.1, 0.15) is 0 Å². The zero-order valence-corrected chi connectivity index (χ0v) is 41.0. The van der Waals surface area contributed by atoms with E-state index in [4.69, 9.17) is 0 Å². The molecule has 2 nitrogen and oxygen atoms in total. The lowest BCUT2D eigenvalue weighted by Gasteiger charge is -2.61. The van der Waals surface area contributed by atoms with Crippen molar-refractivity contribution in [3.05, 3.63) is 264 Å². The molecular weight excluding hydrogens is 869 g/mol. The van der Waals surface area contributed by atoms with E-state index in [9.17, 15) is 0 Å². The highest BCUT2D eigenvalue weighted by molar-refractivity contribution is 6.09. The fraction of sp³-hybridized carbons (Fsp3) is 0.171. The van der Waals surface area contributed by atoms with Gasteiger partial charge in [0.05, 0.1) is 22.1 Å². The summed E-state index contributed by atoms with van der Waals surface area (Å²) in [6.07, 6.45) is 5.09. The maximum absolute atomic E-state index is 2.66. The molecule has 0 atom stereocenters. The fourth-order valence-electron chi connectivity index (χ4n) is 15.5. The van der Waals surface area contributed by atoms with Crippen molar-refractivity contribution in [2.75, 3.05) is 4.90 Å². The second kappa shape index (κ2) is 15.8. The molecule has 2 heteroatoms. The molecule has 0 radical (unpaired) electrons. The summed E-state index contributed by atoms with van der Waals surface area (Å²) in [6.45, 7) is 5.06. The smallest absolute Gasteiger partial charge is 0.0720 e. The molecule has 2 spiro atoms. The minimum absolute atomic E-state index is 0.0653. The Morgan fingerprint density at radius 3 is 1.49 bits per heavy atom. The average molecular weight is 925 g/mol. The number of fused-ring (bicyclic) bond motifs is 13. The molecule has 4 aliphatic carbocycles. The molecule has 0 N–H and O–H groups in total. The van der Waals surface area contributed by atoms with Crippen LogP contribution in [0.5, 0.6) is 0 Å². The zero-order chi connectivity index (χ0) is 47.7. The lowest BCUT2D eigenvalue weighted by molar-refractivity contribution is 0.0238. The van der Waals surface area contributed by atoms with Crippen LogP contribution in [0.1, 0.15) is 72.9 Å². The summed E-state index contributed by atoms with van der Waals surface area (Å²) in [5.74, 6) is 2.59. The van der Waals surface area contributed by atoms with E-state index in [0.717, 1.165) is 23.2 Å². The van der Waals surface area contributed by atoms with Gasteiger partial charge in [0, 0.05) is 38.6 Å². The molecule has 15 rings (SSSR count). The second-order valence-corrected chi connectivity index (χ2v) is 21.8. The van der Waals surface area contributed by atoms with Gasteiger partial charge in [0.25, 0.3) is 0 Å². The van der Waals surface area contributed by atoms with Crippen LogP contribution in [0.15, 0.2) is 231 Å². The van der Waals surface area contributed by atoms with Crippen molar-refractivity contribution in [1.29, 1.82) is 0 Å². The van der Waals surface area contributed by atoms with Gasteiger partial charge in [-0.05, 0) is 165 Å². The van der Waals surface area contributed by atoms with Gasteiger partial charge in [-0.25, -0.2) is 0 Å². The molecule has 0 saturated heterocycles. The van der Waals surface area contributed by atoms with Crippen LogP contribution in [-0.4, -0.2) is 4.57 Å². The summed E-state index contributed by atoms with van der Waals surface area (Å²) < 4.78 is 2.40. The largest absolute Gasteiger partial charge is 0.310 e. The van der Waals surface area contributed by atoms with E-state index in [2.05, 4.69) is 254 Å². The maximum Gasteiger partial charge on any atom is 0.0720 e. The van der Waals surface area contributed by atoms with Gasteiger partial charge < -0.3 is 9.47 Å². The molecule has 0 aliphatic heterocycles. The van der Waals surface area contributed by atoms with Gasteiger partial charge in [-0.2, -0.15) is 0 Å². The lowest BCUT2D eigenvalue weighted by Crippen LogP contribution is -2.56. The second-order valence-electron chi connectivity index (χ2n) is 21.8. The zero-order valence-electron chi connectivity index (χ0n) is 41.0. The van der Waals surface area contributed by atoms with Crippen LogP contribution in [0.3, 0.4) is 0 Å². The van der Waals surface area contributed by atoms with E-state index >= 15 is 0 Å². The summed E-state index contributed by atoms with van der Waals surface area (Å²) in [5.41, 5.74) is 20.6. The van der Waals surface area contributed by atoms with Gasteiger partial charge in [-0.1, -0.05) is 190 Å². The number of rotatable bonds is 5. The Hall–Kier alpha value is -7.94. The average Bonchev–Trinajstić information content (AvgIpc) is 3.92. The fourth-order valence-corrected chi connectivity index (χ4v) is 15.5. The van der Waals surface area contributed by atoms with Crippen LogP contribution in [0.4, 0.5) is 17.1 Å². The number of aromatic nitrogens is 1. The van der Waals surface area contributed by atoms with Crippen LogP contribution in [-0.2, 0) is 10.8 Å². The van der Waals surface area contributed by atoms with Gasteiger partial charge in [-0.3, -0.25) is 0 Å². The Labute approximate surface area is 422 Å². The first-order chi connectivity index (χ1) is 35.5. The summed E-state index contributed by atoms with van der Waals surface area (Å²) in [7, 11) is 0. The third kappa shape index (κ3) is 5.72. The normalized spacial score (nSPS) is 21.1. The van der Waals surface area contributed by atoms with Crippen molar-refractivity contribution >= 4 is 49.6 Å². The van der Waals surface area contributed by atoms with Crippen molar-refractivity contribution in [1.82, 2.24) is 4.57 Å². The van der Waals surface area contributed by atoms with Gasteiger partial charge in [0.2, 0.25) is 0 Å². The molecule has 1 heterocycles. The van der Waals surface area contributed by atoms with E-state index in [1.165, 1.54) is 114 Å². The summed E-state index contributed by atoms with van der Waals surface area (Å²) in [4.78, 5) is 2.55. The van der Waals surface area contributed by atoms with E-state index in [1.807, 2.05) is 0 Å². The first-order valence-electron chi connectivity index (χ1n) is 26.4. The van der Waals surface area contributed by atoms with Gasteiger partial charge in [-0.15, -0.1) is 0 Å². The van der Waals surface area contributed by atoms with Crippen LogP contribution < -0.4 is 4.90 Å². The minimum atomic E-state index is -0.483. The van der Waals surface area contributed by atoms with E-state index in [-0.39, 0.29) is 5.41 Å². The third-order valence-electron chi connectivity index (χ3n) is 18.0. The highest BCUT2D eigenvalue weighted by Crippen LogP contribution is 2.69. The highest BCUT2D eigenvalue weighted by Gasteiger charge is 2.62. The Morgan fingerprint density at radius 2 is 0.861 bits per heavy atom. The van der Waals surface area contributed by atoms with Crippen LogP contribution in [0.25, 0.3) is 60.5 Å². The molecule has 346 valence electrons. The van der Waals surface area contributed by atoms with E-state index < -0.39 is 5.41 Å². The van der Waals surface area contributed by atoms with Gasteiger partial charge >= 0.3 is 0 Å². The van der Waals surface area contributed by atoms with Crippen LogP contribution in [0.2, 0.25) is 0 Å². The highest BCUT2D eigenvalue weighted by atomic mass is 15.1. The quantitative estimate of drug-likeness (QED) is 0.167. The monoisotopic (exact) mass is 924 g/mol. The van der Waals surface area contributed by atoms with Crippen LogP contribution >= 0.6 is 0 Å². The van der Waals surface area contributed by atoms with E-state index in [0.29, 0.717) is 11.8 Å².